The van der Waals surface area contributed by atoms with Crippen molar-refractivity contribution in [3.8, 4) is 50.7 Å². The van der Waals surface area contributed by atoms with Gasteiger partial charge in [0, 0.05) is 50.0 Å². The number of hydrogen-bond acceptors (Lipinski definition) is 4. The Hall–Kier alpha value is -7.89. The molecule has 11 rings (SSSR count). The predicted molar refractivity (Wildman–Crippen MR) is 304 cm³/mol. The van der Waals surface area contributed by atoms with Crippen molar-refractivity contribution in [1.29, 1.82) is 0 Å². The van der Waals surface area contributed by atoms with Crippen LogP contribution in [0.25, 0.3) is 61.0 Å². The Bertz CT molecular complexity index is 3790. The van der Waals surface area contributed by atoms with Crippen LogP contribution in [0.3, 0.4) is 0 Å². The lowest BCUT2D eigenvalue weighted by Crippen LogP contribution is -2.25. The molecule has 0 fully saturated rings. The summed E-state index contributed by atoms with van der Waals surface area (Å²) in [4.78, 5) is 9.52. The Kier molecular flexibility index (Phi) is 10.6. The van der Waals surface area contributed by atoms with Crippen LogP contribution < -0.4 is 14.5 Å². The van der Waals surface area contributed by atoms with Crippen molar-refractivity contribution in [3.05, 3.63) is 217 Å². The molecule has 0 aliphatic carbocycles. The van der Waals surface area contributed by atoms with Gasteiger partial charge in [-0.3, -0.25) is 4.57 Å². The zero-order valence-corrected chi connectivity index (χ0v) is 42.9. The smallest absolute Gasteiger partial charge is 0.137 e. The van der Waals surface area contributed by atoms with Crippen LogP contribution in [0.1, 0.15) is 88.7 Å². The second kappa shape index (κ2) is 17.8. The second-order valence-corrected chi connectivity index (χ2v) is 22.4. The molecule has 0 spiro atoms. The average molecular weight is 944 g/mol. The van der Waals surface area contributed by atoms with E-state index in [1.807, 2.05) is 41.0 Å². The van der Waals surface area contributed by atoms with Gasteiger partial charge in [0.05, 0.1) is 28.1 Å². The van der Waals surface area contributed by atoms with Crippen molar-refractivity contribution in [2.45, 2.75) is 85.4 Å². The van der Waals surface area contributed by atoms with E-state index in [0.717, 1.165) is 61.2 Å². The zero-order chi connectivity index (χ0) is 52.6. The summed E-state index contributed by atoms with van der Waals surface area (Å²) in [5, 5.41) is 2.06. The minimum absolute atomic E-state index is 0.0283. The fourth-order valence-corrected chi connectivity index (χ4v) is 10.4. The number of hydrogen-bond donors (Lipinski definition) is 0. The molecule has 358 valence electrons. The highest BCUT2D eigenvalue weighted by Gasteiger charge is 2.32. The van der Waals surface area contributed by atoms with Gasteiger partial charge in [-0.15, -0.1) is 0 Å². The number of aromatic nitrogens is 2. The molecule has 0 saturated heterocycles. The van der Waals surface area contributed by atoms with E-state index < -0.39 is 6.85 Å². The Morgan fingerprint density at radius 3 is 1.85 bits per heavy atom. The molecule has 5 heteroatoms. The molecular weight excluding hydrogens is 877 g/mol. The number of para-hydroxylation sites is 4. The minimum atomic E-state index is -2.27. The van der Waals surface area contributed by atoms with Crippen molar-refractivity contribution >= 4 is 44.6 Å². The first-order valence-electron chi connectivity index (χ1n) is 26.6. The summed E-state index contributed by atoms with van der Waals surface area (Å²) in [5.41, 5.74) is 17.5. The highest BCUT2D eigenvalue weighted by molar-refractivity contribution is 6.09. The van der Waals surface area contributed by atoms with Gasteiger partial charge in [0.2, 0.25) is 0 Å². The Morgan fingerprint density at radius 1 is 0.472 bits per heavy atom. The van der Waals surface area contributed by atoms with Crippen LogP contribution in [0.15, 0.2) is 194 Å². The molecule has 0 atom stereocenters. The van der Waals surface area contributed by atoms with Crippen molar-refractivity contribution in [1.82, 2.24) is 9.55 Å². The van der Waals surface area contributed by atoms with Gasteiger partial charge in [0.1, 0.15) is 24.0 Å². The minimum Gasteiger partial charge on any atom is -0.457 e. The number of anilines is 4. The lowest BCUT2D eigenvalue weighted by Gasteiger charge is -2.28. The van der Waals surface area contributed by atoms with E-state index in [2.05, 4.69) is 217 Å². The van der Waals surface area contributed by atoms with Crippen molar-refractivity contribution in [2.24, 2.45) is 0 Å². The molecule has 8 aromatic carbocycles. The molecule has 3 heterocycles. The van der Waals surface area contributed by atoms with Gasteiger partial charge in [0.15, 0.2) is 0 Å². The van der Waals surface area contributed by atoms with Crippen LogP contribution in [0.2, 0.25) is 0 Å². The summed E-state index contributed by atoms with van der Waals surface area (Å²) in [6.07, 6.45) is 1.57. The molecule has 0 amide bonds. The van der Waals surface area contributed by atoms with E-state index in [0.29, 0.717) is 24.0 Å². The van der Waals surface area contributed by atoms with Crippen LogP contribution in [0.5, 0.6) is 11.5 Å². The fraction of sp³-hybridized carbons (Fsp3) is 0.209. The summed E-state index contributed by atoms with van der Waals surface area (Å²) in [7, 11) is 0. The Balaban J connectivity index is 0.983. The number of rotatable bonds is 8. The van der Waals surface area contributed by atoms with Gasteiger partial charge in [-0.05, 0) is 122 Å². The molecule has 2 aromatic heterocycles. The fourth-order valence-electron chi connectivity index (χ4n) is 10.4. The van der Waals surface area contributed by atoms with E-state index in [1.54, 1.807) is 18.3 Å². The maximum atomic E-state index is 8.11. The number of nitrogens with zero attached hydrogens (tertiary/aromatic N) is 4. The van der Waals surface area contributed by atoms with Gasteiger partial charge in [-0.1, -0.05) is 184 Å². The maximum absolute atomic E-state index is 8.11. The third-order valence-corrected chi connectivity index (χ3v) is 14.3. The van der Waals surface area contributed by atoms with Gasteiger partial charge in [0.25, 0.3) is 0 Å². The topological polar surface area (TPSA) is 33.5 Å². The van der Waals surface area contributed by atoms with Gasteiger partial charge >= 0.3 is 0 Å². The van der Waals surface area contributed by atoms with E-state index >= 15 is 0 Å². The van der Waals surface area contributed by atoms with Crippen LogP contribution in [0.4, 0.5) is 22.7 Å². The van der Waals surface area contributed by atoms with Gasteiger partial charge in [-0.2, -0.15) is 0 Å². The molecule has 0 saturated carbocycles. The summed E-state index contributed by atoms with van der Waals surface area (Å²) < 4.78 is 33.1. The van der Waals surface area contributed by atoms with Crippen molar-refractivity contribution in [3.63, 3.8) is 0 Å². The average Bonchev–Trinajstić information content (AvgIpc) is 3.93. The van der Waals surface area contributed by atoms with Crippen LogP contribution >= 0.6 is 0 Å². The molecule has 10 aromatic rings. The standard InChI is InChI=1S/C67H64N4O/c1-44-36-37-68-63(38-44)71-59-25-12-11-22-56(59)57-35-33-52(42-62(57)71)72-51-21-16-20-50(41-51)69-43-70(61-27-14-13-26-60(61)69)64-54(23-17-24-55(64)47-18-15-19-48(39-47)65(2,3)4)46-30-28-45(29-31-46)53-34-32-49(66(5,6)7)40-58(53)67(8,9)10/h11-42H,43H2,1-10H3/i1D3. The highest BCUT2D eigenvalue weighted by Crippen LogP contribution is 2.51. The predicted octanol–water partition coefficient (Wildman–Crippen LogP) is 18.4. The summed E-state index contributed by atoms with van der Waals surface area (Å²) in [6.45, 7) is 18.9. The molecular formula is C67H64N4O. The molecule has 0 unspecified atom stereocenters. The molecule has 0 N–H and O–H groups in total. The van der Waals surface area contributed by atoms with Crippen LogP contribution in [-0.4, -0.2) is 16.2 Å². The quantitative estimate of drug-likeness (QED) is 0.152. The molecule has 1 aliphatic rings. The van der Waals surface area contributed by atoms with Gasteiger partial charge < -0.3 is 14.5 Å². The monoisotopic (exact) mass is 944 g/mol. The summed E-state index contributed by atoms with van der Waals surface area (Å²) >= 11 is 0. The van der Waals surface area contributed by atoms with Crippen molar-refractivity contribution in [2.75, 3.05) is 16.5 Å². The second-order valence-electron chi connectivity index (χ2n) is 22.4. The number of benzene rings is 8. The van der Waals surface area contributed by atoms with E-state index in [4.69, 9.17) is 8.85 Å². The van der Waals surface area contributed by atoms with E-state index in [9.17, 15) is 0 Å². The molecule has 0 radical (unpaired) electrons. The third-order valence-electron chi connectivity index (χ3n) is 14.3. The molecule has 0 bridgehead atoms. The number of aryl methyl sites for hydroxylation is 1. The van der Waals surface area contributed by atoms with Crippen molar-refractivity contribution < 1.29 is 8.85 Å². The molecule has 72 heavy (non-hydrogen) atoms. The van der Waals surface area contributed by atoms with E-state index in [-0.39, 0.29) is 21.8 Å². The first kappa shape index (κ1) is 42.9. The lowest BCUT2D eigenvalue weighted by molar-refractivity contribution is 0.483. The van der Waals surface area contributed by atoms with E-state index in [1.165, 1.54) is 33.4 Å². The number of pyridine rings is 1. The zero-order valence-electron chi connectivity index (χ0n) is 45.9. The molecule has 5 nitrogen and oxygen atoms in total. The number of fused-ring (bicyclic) bond motifs is 4. The third kappa shape index (κ3) is 8.61. The first-order chi connectivity index (χ1) is 35.7. The summed E-state index contributed by atoms with van der Waals surface area (Å²) in [5.74, 6) is 1.88. The van der Waals surface area contributed by atoms with Gasteiger partial charge in [-0.25, -0.2) is 4.98 Å². The molecule has 1 aliphatic heterocycles. The van der Waals surface area contributed by atoms with Crippen LogP contribution in [-0.2, 0) is 16.2 Å². The SMILES string of the molecule is [2H]C([2H])([2H])c1ccnc(-n2c3ccccc3c3ccc(Oc4cccc(N5CN(c6c(-c7ccc(-c8ccc(C(C)(C)C)cc8C(C)(C)C)cc7)cccc6-c6cccc(C(C)(C)C)c6)c6ccccc65)c4)cc32)c1. The lowest BCUT2D eigenvalue weighted by atomic mass is 9.77. The summed E-state index contributed by atoms with van der Waals surface area (Å²) in [6, 6.07) is 66.5. The normalized spacial score (nSPS) is 13.8. The number of ether oxygens (including phenoxy) is 1. The maximum Gasteiger partial charge on any atom is 0.137 e. The largest absolute Gasteiger partial charge is 0.457 e. The van der Waals surface area contributed by atoms with Crippen LogP contribution in [0, 0.1) is 6.85 Å². The first-order valence-corrected chi connectivity index (χ1v) is 25.1. The Morgan fingerprint density at radius 2 is 1.11 bits per heavy atom. The highest BCUT2D eigenvalue weighted by atomic mass is 16.5. The Labute approximate surface area is 430 Å².